The molecule has 23 heavy (non-hydrogen) atoms. The van der Waals surface area contributed by atoms with Gasteiger partial charge in [-0.25, -0.2) is 0 Å². The highest BCUT2D eigenvalue weighted by Crippen LogP contribution is 2.19. The highest BCUT2D eigenvalue weighted by molar-refractivity contribution is 6.30. The SMILES string of the molecule is Cn1[nH]cc(C[C@H]2NC(=O)C(c3ccc(Cl)cc3)NC2=O)c1=O. The van der Waals surface area contributed by atoms with Gasteiger partial charge in [0.1, 0.15) is 12.1 Å². The highest BCUT2D eigenvalue weighted by atomic mass is 35.5. The molecule has 8 heteroatoms. The van der Waals surface area contributed by atoms with Gasteiger partial charge in [0.25, 0.3) is 5.56 Å². The third kappa shape index (κ3) is 3.00. The number of piperazine rings is 1. The molecule has 2 aromatic rings. The minimum Gasteiger partial charge on any atom is -0.342 e. The van der Waals surface area contributed by atoms with E-state index in [1.807, 2.05) is 0 Å². The minimum atomic E-state index is -0.769. The third-order valence-electron chi connectivity index (χ3n) is 3.82. The zero-order valence-corrected chi connectivity index (χ0v) is 13.1. The van der Waals surface area contributed by atoms with Crippen LogP contribution in [-0.4, -0.2) is 27.6 Å². The molecule has 1 aromatic carbocycles. The van der Waals surface area contributed by atoms with Crippen molar-refractivity contribution in [2.75, 3.05) is 0 Å². The summed E-state index contributed by atoms with van der Waals surface area (Å²) in [5, 5.41) is 8.65. The molecule has 1 aliphatic rings. The number of carbonyl (C=O) groups is 2. The van der Waals surface area contributed by atoms with Crippen molar-refractivity contribution in [3.63, 3.8) is 0 Å². The largest absolute Gasteiger partial charge is 0.342 e. The van der Waals surface area contributed by atoms with Gasteiger partial charge in [-0.15, -0.1) is 0 Å². The molecule has 0 bridgehead atoms. The summed E-state index contributed by atoms with van der Waals surface area (Å²) in [6, 6.07) is 5.17. The molecule has 3 N–H and O–H groups in total. The second-order valence-corrected chi connectivity index (χ2v) is 5.86. The van der Waals surface area contributed by atoms with Gasteiger partial charge in [-0.1, -0.05) is 23.7 Å². The normalized spacial score (nSPS) is 21.0. The van der Waals surface area contributed by atoms with Gasteiger partial charge in [0.2, 0.25) is 11.8 Å². The molecule has 7 nitrogen and oxygen atoms in total. The maximum Gasteiger partial charge on any atom is 0.269 e. The molecular formula is C15H15ClN4O3. The van der Waals surface area contributed by atoms with E-state index in [1.54, 1.807) is 31.3 Å². The summed E-state index contributed by atoms with van der Waals surface area (Å²) in [6.45, 7) is 0. The van der Waals surface area contributed by atoms with E-state index < -0.39 is 12.1 Å². The van der Waals surface area contributed by atoms with Crippen molar-refractivity contribution in [1.29, 1.82) is 0 Å². The Balaban J connectivity index is 1.75. The van der Waals surface area contributed by atoms with Crippen LogP contribution in [0.3, 0.4) is 0 Å². The summed E-state index contributed by atoms with van der Waals surface area (Å²) >= 11 is 5.82. The second-order valence-electron chi connectivity index (χ2n) is 5.42. The van der Waals surface area contributed by atoms with Crippen LogP contribution in [-0.2, 0) is 23.1 Å². The van der Waals surface area contributed by atoms with E-state index in [1.165, 1.54) is 10.9 Å². The smallest absolute Gasteiger partial charge is 0.269 e. The predicted molar refractivity (Wildman–Crippen MR) is 84.0 cm³/mol. The molecule has 2 amide bonds. The molecule has 0 aliphatic carbocycles. The standard InChI is InChI=1S/C15H15ClN4O3/c1-20-15(23)9(7-17-20)6-11-13(21)19-12(14(22)18-11)8-2-4-10(16)5-3-8/h2-5,7,11-12,17H,6H2,1H3,(H,18,22)(H,19,21)/t11-,12?/m1/s1. The molecule has 1 aliphatic heterocycles. The molecule has 1 aromatic heterocycles. The van der Waals surface area contributed by atoms with Crippen LogP contribution in [0.25, 0.3) is 0 Å². The first-order valence-corrected chi connectivity index (χ1v) is 7.43. The van der Waals surface area contributed by atoms with Gasteiger partial charge in [0, 0.05) is 30.3 Å². The van der Waals surface area contributed by atoms with Crippen LogP contribution in [0.5, 0.6) is 0 Å². The number of aromatic nitrogens is 2. The number of aromatic amines is 1. The number of nitrogens with one attached hydrogen (secondary N) is 3. The van der Waals surface area contributed by atoms with Crippen LogP contribution in [0.15, 0.2) is 35.3 Å². The van der Waals surface area contributed by atoms with Crippen LogP contribution in [0.2, 0.25) is 5.02 Å². The molecule has 1 saturated heterocycles. The molecule has 2 heterocycles. The zero-order chi connectivity index (χ0) is 16.6. The average Bonchev–Trinajstić information content (AvgIpc) is 2.83. The molecule has 2 atom stereocenters. The van der Waals surface area contributed by atoms with Crippen LogP contribution in [0.1, 0.15) is 17.2 Å². The Kier molecular flexibility index (Phi) is 3.96. The summed E-state index contributed by atoms with van der Waals surface area (Å²) in [4.78, 5) is 36.3. The lowest BCUT2D eigenvalue weighted by Gasteiger charge is -2.29. The Labute approximate surface area is 136 Å². The van der Waals surface area contributed by atoms with Crippen LogP contribution in [0, 0.1) is 0 Å². The van der Waals surface area contributed by atoms with Crippen LogP contribution in [0.4, 0.5) is 0 Å². The zero-order valence-electron chi connectivity index (χ0n) is 12.3. The van der Waals surface area contributed by atoms with Crippen molar-refractivity contribution in [2.24, 2.45) is 7.05 Å². The summed E-state index contributed by atoms with van der Waals surface area (Å²) in [6.07, 6.45) is 1.67. The van der Waals surface area contributed by atoms with E-state index >= 15 is 0 Å². The first-order valence-electron chi connectivity index (χ1n) is 7.05. The number of hydrogen-bond acceptors (Lipinski definition) is 3. The van der Waals surface area contributed by atoms with Crippen molar-refractivity contribution >= 4 is 23.4 Å². The van der Waals surface area contributed by atoms with Gasteiger partial charge >= 0.3 is 0 Å². The summed E-state index contributed by atoms with van der Waals surface area (Å²) in [5.74, 6) is -0.642. The maximum atomic E-state index is 12.3. The number of benzene rings is 1. The highest BCUT2D eigenvalue weighted by Gasteiger charge is 2.35. The minimum absolute atomic E-state index is 0.140. The lowest BCUT2D eigenvalue weighted by molar-refractivity contribution is -0.136. The molecule has 0 radical (unpaired) electrons. The molecule has 0 saturated carbocycles. The molecule has 0 spiro atoms. The molecule has 1 unspecified atom stereocenters. The first-order chi connectivity index (χ1) is 11.0. The fourth-order valence-electron chi connectivity index (χ4n) is 2.54. The number of nitrogens with zero attached hydrogens (tertiary/aromatic N) is 1. The van der Waals surface area contributed by atoms with Crippen LogP contribution < -0.4 is 16.2 Å². The van der Waals surface area contributed by atoms with Crippen molar-refractivity contribution in [3.8, 4) is 0 Å². The predicted octanol–water partition coefficient (Wildman–Crippen LogP) is 0.265. The summed E-state index contributed by atoms with van der Waals surface area (Å²) in [5.41, 5.74) is 0.876. The first kappa shape index (κ1) is 15.4. The van der Waals surface area contributed by atoms with Gasteiger partial charge in [-0.2, -0.15) is 0 Å². The second kappa shape index (κ2) is 5.92. The average molecular weight is 335 g/mol. The fourth-order valence-corrected chi connectivity index (χ4v) is 2.67. The van der Waals surface area contributed by atoms with Gasteiger partial charge in [-0.3, -0.25) is 19.1 Å². The number of carbonyl (C=O) groups excluding carboxylic acids is 2. The quantitative estimate of drug-likeness (QED) is 0.751. The Morgan fingerprint density at radius 2 is 1.78 bits per heavy atom. The number of amides is 2. The van der Waals surface area contributed by atoms with E-state index in [-0.39, 0.29) is 23.8 Å². The van der Waals surface area contributed by atoms with Gasteiger partial charge in [0.05, 0.1) is 0 Å². The number of halogens is 1. The molecular weight excluding hydrogens is 320 g/mol. The number of aryl methyl sites for hydroxylation is 1. The Hall–Kier alpha value is -2.54. The Morgan fingerprint density at radius 1 is 1.09 bits per heavy atom. The van der Waals surface area contributed by atoms with Crippen molar-refractivity contribution in [1.82, 2.24) is 20.4 Å². The van der Waals surface area contributed by atoms with E-state index in [2.05, 4.69) is 15.7 Å². The molecule has 3 rings (SSSR count). The van der Waals surface area contributed by atoms with Crippen molar-refractivity contribution in [2.45, 2.75) is 18.5 Å². The number of rotatable bonds is 3. The number of H-pyrrole nitrogens is 1. The lowest BCUT2D eigenvalue weighted by atomic mass is 9.99. The fraction of sp³-hybridized carbons (Fsp3) is 0.267. The van der Waals surface area contributed by atoms with E-state index in [0.717, 1.165) is 0 Å². The summed E-state index contributed by atoms with van der Waals surface area (Å²) in [7, 11) is 1.59. The van der Waals surface area contributed by atoms with Gasteiger partial charge in [0.15, 0.2) is 0 Å². The van der Waals surface area contributed by atoms with E-state index in [9.17, 15) is 14.4 Å². The maximum absolute atomic E-state index is 12.3. The van der Waals surface area contributed by atoms with Crippen molar-refractivity contribution < 1.29 is 9.59 Å². The monoisotopic (exact) mass is 334 g/mol. The van der Waals surface area contributed by atoms with Crippen LogP contribution >= 0.6 is 11.6 Å². The van der Waals surface area contributed by atoms with Crippen molar-refractivity contribution in [3.05, 3.63) is 57.0 Å². The van der Waals surface area contributed by atoms with E-state index in [0.29, 0.717) is 16.1 Å². The van der Waals surface area contributed by atoms with E-state index in [4.69, 9.17) is 11.6 Å². The van der Waals surface area contributed by atoms with Gasteiger partial charge in [-0.05, 0) is 17.7 Å². The topological polar surface area (TPSA) is 96.0 Å². The Morgan fingerprint density at radius 3 is 2.39 bits per heavy atom. The molecule has 1 fully saturated rings. The third-order valence-corrected chi connectivity index (χ3v) is 4.07. The summed E-state index contributed by atoms with van der Waals surface area (Å²) < 4.78 is 1.31. The number of hydrogen-bond donors (Lipinski definition) is 3. The lowest BCUT2D eigenvalue weighted by Crippen LogP contribution is -2.58. The molecule has 120 valence electrons. The van der Waals surface area contributed by atoms with Gasteiger partial charge < -0.3 is 15.7 Å². The Bertz CT molecular complexity index is 809.